The van der Waals surface area contributed by atoms with Crippen molar-refractivity contribution in [3.63, 3.8) is 0 Å². The number of rotatable bonds is 20. The summed E-state index contributed by atoms with van der Waals surface area (Å²) in [5.41, 5.74) is 4.89. The standard InChI is InChI=1S/C38H60/c1-3-5-7-9-11-13-15-20-30-38(31-21-16-14-12-10-8-6-4-2)32-22-25-37(33-38)36-28-26-35(27-29-36)34-23-18-17-19-24-34/h17-19,23-24,26-29,37H,3-16,20-22,25,30-33H2,1-2H3. The summed E-state index contributed by atoms with van der Waals surface area (Å²) in [6.45, 7) is 4.64. The van der Waals surface area contributed by atoms with Crippen molar-refractivity contribution >= 4 is 0 Å². The average molecular weight is 517 g/mol. The summed E-state index contributed by atoms with van der Waals surface area (Å²) < 4.78 is 0. The third-order valence-electron chi connectivity index (χ3n) is 9.55. The fourth-order valence-electron chi connectivity index (χ4n) is 7.16. The molecule has 0 heterocycles. The van der Waals surface area contributed by atoms with Gasteiger partial charge in [-0.05, 0) is 60.1 Å². The molecule has 38 heavy (non-hydrogen) atoms. The van der Waals surface area contributed by atoms with Crippen molar-refractivity contribution in [1.82, 2.24) is 0 Å². The molecule has 0 heteroatoms. The Labute approximate surface area is 237 Å². The number of benzene rings is 2. The zero-order chi connectivity index (χ0) is 26.7. The van der Waals surface area contributed by atoms with Gasteiger partial charge in [-0.25, -0.2) is 0 Å². The quantitative estimate of drug-likeness (QED) is 0.153. The van der Waals surface area contributed by atoms with Gasteiger partial charge in [0.05, 0.1) is 0 Å². The van der Waals surface area contributed by atoms with Crippen LogP contribution in [0.1, 0.15) is 167 Å². The minimum atomic E-state index is 0.603. The molecule has 0 aromatic heterocycles. The van der Waals surface area contributed by atoms with E-state index in [2.05, 4.69) is 68.4 Å². The second kappa shape index (κ2) is 18.7. The molecule has 1 aliphatic carbocycles. The van der Waals surface area contributed by atoms with Crippen LogP contribution in [0.5, 0.6) is 0 Å². The maximum atomic E-state index is 2.45. The fourth-order valence-corrected chi connectivity index (χ4v) is 7.16. The van der Waals surface area contributed by atoms with Gasteiger partial charge in [0.2, 0.25) is 0 Å². The van der Waals surface area contributed by atoms with E-state index in [0.29, 0.717) is 5.41 Å². The van der Waals surface area contributed by atoms with Gasteiger partial charge >= 0.3 is 0 Å². The molecule has 1 saturated carbocycles. The first-order valence-electron chi connectivity index (χ1n) is 16.9. The van der Waals surface area contributed by atoms with Crippen LogP contribution in [0.2, 0.25) is 0 Å². The van der Waals surface area contributed by atoms with Crippen molar-refractivity contribution in [2.24, 2.45) is 5.41 Å². The van der Waals surface area contributed by atoms with Crippen molar-refractivity contribution in [3.05, 3.63) is 60.2 Å². The van der Waals surface area contributed by atoms with E-state index in [4.69, 9.17) is 0 Å². The molecule has 1 atom stereocenters. The third kappa shape index (κ3) is 11.3. The van der Waals surface area contributed by atoms with Gasteiger partial charge in [0, 0.05) is 0 Å². The van der Waals surface area contributed by atoms with Gasteiger partial charge in [-0.1, -0.05) is 178 Å². The molecular weight excluding hydrogens is 456 g/mol. The molecule has 2 aromatic rings. The van der Waals surface area contributed by atoms with Crippen LogP contribution in [0.25, 0.3) is 11.1 Å². The van der Waals surface area contributed by atoms with E-state index in [9.17, 15) is 0 Å². The molecule has 0 spiro atoms. The Morgan fingerprint density at radius 2 is 1.03 bits per heavy atom. The molecular formula is C38H60. The van der Waals surface area contributed by atoms with Crippen molar-refractivity contribution in [1.29, 1.82) is 0 Å². The second-order valence-corrected chi connectivity index (χ2v) is 12.7. The minimum absolute atomic E-state index is 0.603. The van der Waals surface area contributed by atoms with E-state index in [1.54, 1.807) is 5.56 Å². The van der Waals surface area contributed by atoms with Crippen molar-refractivity contribution in [2.45, 2.75) is 161 Å². The smallest absolute Gasteiger partial charge is 0.0157 e. The van der Waals surface area contributed by atoms with E-state index in [1.165, 1.54) is 152 Å². The second-order valence-electron chi connectivity index (χ2n) is 12.7. The van der Waals surface area contributed by atoms with Crippen LogP contribution in [-0.2, 0) is 0 Å². The predicted octanol–water partition coefficient (Wildman–Crippen LogP) is 13.1. The number of hydrogen-bond acceptors (Lipinski definition) is 0. The lowest BCUT2D eigenvalue weighted by molar-refractivity contribution is 0.131. The molecule has 1 fully saturated rings. The highest BCUT2D eigenvalue weighted by atomic mass is 14.4. The first-order chi connectivity index (χ1) is 18.8. The molecule has 212 valence electrons. The van der Waals surface area contributed by atoms with Crippen LogP contribution in [0, 0.1) is 5.41 Å². The molecule has 0 N–H and O–H groups in total. The maximum absolute atomic E-state index is 2.45. The van der Waals surface area contributed by atoms with Crippen LogP contribution in [-0.4, -0.2) is 0 Å². The summed E-state index contributed by atoms with van der Waals surface area (Å²) in [5.74, 6) is 0.761. The van der Waals surface area contributed by atoms with Crippen molar-refractivity contribution < 1.29 is 0 Å². The summed E-state index contributed by atoms with van der Waals surface area (Å²) in [4.78, 5) is 0. The number of hydrogen-bond donors (Lipinski definition) is 0. The van der Waals surface area contributed by atoms with E-state index >= 15 is 0 Å². The first-order valence-corrected chi connectivity index (χ1v) is 16.9. The Bertz CT molecular complexity index is 797. The summed E-state index contributed by atoms with van der Waals surface area (Å²) in [7, 11) is 0. The molecule has 0 bridgehead atoms. The van der Waals surface area contributed by atoms with E-state index < -0.39 is 0 Å². The highest BCUT2D eigenvalue weighted by Crippen LogP contribution is 2.50. The first kappa shape index (κ1) is 31.0. The summed E-state index contributed by atoms with van der Waals surface area (Å²) >= 11 is 0. The van der Waals surface area contributed by atoms with Crippen molar-refractivity contribution in [2.75, 3.05) is 0 Å². The van der Waals surface area contributed by atoms with Gasteiger partial charge < -0.3 is 0 Å². The van der Waals surface area contributed by atoms with Crippen LogP contribution < -0.4 is 0 Å². The lowest BCUT2D eigenvalue weighted by Gasteiger charge is -2.42. The summed E-state index contributed by atoms with van der Waals surface area (Å²) in [6, 6.07) is 20.5. The highest BCUT2D eigenvalue weighted by Gasteiger charge is 2.35. The van der Waals surface area contributed by atoms with Gasteiger partial charge in [-0.3, -0.25) is 0 Å². The lowest BCUT2D eigenvalue weighted by Crippen LogP contribution is -2.28. The van der Waals surface area contributed by atoms with E-state index in [-0.39, 0.29) is 0 Å². The van der Waals surface area contributed by atoms with Crippen molar-refractivity contribution in [3.8, 4) is 11.1 Å². The molecule has 0 radical (unpaired) electrons. The largest absolute Gasteiger partial charge is 0.0654 e. The molecule has 0 aliphatic heterocycles. The van der Waals surface area contributed by atoms with E-state index in [1.807, 2.05) is 0 Å². The molecule has 0 amide bonds. The monoisotopic (exact) mass is 516 g/mol. The SMILES string of the molecule is CCCCCCCCCCC1(CCCCCCCCCC)CCCC(c2ccc(-c3ccccc3)cc2)C1. The topological polar surface area (TPSA) is 0 Å². The van der Waals surface area contributed by atoms with Gasteiger partial charge in [0.15, 0.2) is 0 Å². The number of unbranched alkanes of at least 4 members (excludes halogenated alkanes) is 14. The van der Waals surface area contributed by atoms with Gasteiger partial charge in [0.1, 0.15) is 0 Å². The maximum Gasteiger partial charge on any atom is -0.0157 e. The van der Waals surface area contributed by atoms with Crippen LogP contribution in [0.3, 0.4) is 0 Å². The molecule has 2 aromatic carbocycles. The van der Waals surface area contributed by atoms with Crippen LogP contribution in [0.15, 0.2) is 54.6 Å². The predicted molar refractivity (Wildman–Crippen MR) is 170 cm³/mol. The Kier molecular flexibility index (Phi) is 15.2. The lowest BCUT2D eigenvalue weighted by atomic mass is 9.63. The molecule has 1 aliphatic rings. The summed E-state index contributed by atoms with van der Waals surface area (Å²) in [6.07, 6.45) is 31.8. The minimum Gasteiger partial charge on any atom is -0.0654 e. The molecule has 1 unspecified atom stereocenters. The Morgan fingerprint density at radius 3 is 1.55 bits per heavy atom. The van der Waals surface area contributed by atoms with Crippen LogP contribution in [0.4, 0.5) is 0 Å². The molecule has 3 rings (SSSR count). The zero-order valence-corrected chi connectivity index (χ0v) is 25.3. The molecule has 0 saturated heterocycles. The van der Waals surface area contributed by atoms with E-state index in [0.717, 1.165) is 5.92 Å². The average Bonchev–Trinajstić information content (AvgIpc) is 2.97. The molecule has 0 nitrogen and oxygen atoms in total. The van der Waals surface area contributed by atoms with Gasteiger partial charge in [-0.2, -0.15) is 0 Å². The van der Waals surface area contributed by atoms with Crippen LogP contribution >= 0.6 is 0 Å². The summed E-state index contributed by atoms with van der Waals surface area (Å²) in [5, 5.41) is 0. The van der Waals surface area contributed by atoms with Gasteiger partial charge in [-0.15, -0.1) is 0 Å². The van der Waals surface area contributed by atoms with Gasteiger partial charge in [0.25, 0.3) is 0 Å². The fraction of sp³-hybridized carbons (Fsp3) is 0.684. The normalized spacial score (nSPS) is 17.1. The Balaban J connectivity index is 1.53. The highest BCUT2D eigenvalue weighted by molar-refractivity contribution is 5.63. The zero-order valence-electron chi connectivity index (χ0n) is 25.3. The third-order valence-corrected chi connectivity index (χ3v) is 9.55. The Hall–Kier alpha value is -1.56. The Morgan fingerprint density at radius 1 is 0.553 bits per heavy atom.